The molecule has 56 heavy (non-hydrogen) atoms. The van der Waals surface area contributed by atoms with Crippen molar-refractivity contribution in [3.8, 4) is 11.5 Å². The largest absolute Gasteiger partial charge is 0.483 e. The minimum absolute atomic E-state index is 0.106. The summed E-state index contributed by atoms with van der Waals surface area (Å²) in [6, 6.07) is 30.7. The second-order valence-electron chi connectivity index (χ2n) is 15.0. The number of para-hydroxylation sites is 2. The molecular formula is C48H44N4O4. The highest BCUT2D eigenvalue weighted by Crippen LogP contribution is 2.44. The molecule has 0 amide bonds. The molecule has 4 heterocycles. The van der Waals surface area contributed by atoms with Crippen molar-refractivity contribution in [2.75, 3.05) is 0 Å². The first kappa shape index (κ1) is 35.7. The van der Waals surface area contributed by atoms with Gasteiger partial charge in [0.1, 0.15) is 23.7 Å². The van der Waals surface area contributed by atoms with Gasteiger partial charge in [0, 0.05) is 69.6 Å². The van der Waals surface area contributed by atoms with E-state index >= 15 is 0 Å². The lowest BCUT2D eigenvalue weighted by atomic mass is 9.82. The highest BCUT2D eigenvalue weighted by molar-refractivity contribution is 6.30. The molecule has 2 N–H and O–H groups in total. The minimum atomic E-state index is -0.514. The van der Waals surface area contributed by atoms with Gasteiger partial charge in [0.25, 0.3) is 0 Å². The molecule has 8 heteroatoms. The lowest BCUT2D eigenvalue weighted by molar-refractivity contribution is 0.0945. The summed E-state index contributed by atoms with van der Waals surface area (Å²) in [5, 5.41) is 9.45. The number of benzene rings is 4. The topological polar surface area (TPSA) is 102 Å². The number of carbonyl (C=O) groups is 2. The number of nitrogens with zero attached hydrogens (tertiary/aromatic N) is 2. The van der Waals surface area contributed by atoms with Gasteiger partial charge in [0.15, 0.2) is 11.6 Å². The first-order chi connectivity index (χ1) is 27.5. The van der Waals surface area contributed by atoms with E-state index in [0.29, 0.717) is 22.6 Å². The smallest absolute Gasteiger partial charge is 0.198 e. The summed E-state index contributed by atoms with van der Waals surface area (Å²) in [5.41, 5.74) is 4.72. The van der Waals surface area contributed by atoms with Crippen LogP contribution in [0.4, 0.5) is 0 Å². The normalized spacial score (nSPS) is 21.8. The third-order valence-corrected chi connectivity index (χ3v) is 11.7. The van der Waals surface area contributed by atoms with Gasteiger partial charge in [-0.3, -0.25) is 19.6 Å². The first-order valence-corrected chi connectivity index (χ1v) is 19.7. The van der Waals surface area contributed by atoms with Crippen LogP contribution in [0.5, 0.6) is 11.5 Å². The van der Waals surface area contributed by atoms with Crippen LogP contribution in [0.3, 0.4) is 0 Å². The van der Waals surface area contributed by atoms with Crippen molar-refractivity contribution in [3.63, 3.8) is 0 Å². The van der Waals surface area contributed by atoms with Crippen LogP contribution in [0.15, 0.2) is 135 Å². The molecule has 280 valence electrons. The van der Waals surface area contributed by atoms with E-state index in [-0.39, 0.29) is 46.9 Å². The fourth-order valence-electron chi connectivity index (χ4n) is 8.94. The van der Waals surface area contributed by atoms with E-state index in [9.17, 15) is 9.59 Å². The Morgan fingerprint density at radius 1 is 0.571 bits per heavy atom. The van der Waals surface area contributed by atoms with Gasteiger partial charge in [-0.05, 0) is 74.9 Å². The summed E-state index contributed by atoms with van der Waals surface area (Å²) in [6.45, 7) is 8.15. The standard InChI is InChI=1S/C48H44N4O4/c1-3-29-13-11-21-39(51-29)47(35-25-27-49-37-19-9-7-15-31(35)37)55-41-23-24-42(44-43(41)45(53)33-17-5-6-18-34(33)46(44)54)56-48(40-22-12-14-30(4-2)52-40)36-26-28-50-38-20-10-8-16-32(36)38/h3-10,15-20,23-30,39-40,47-48,51-52H,1-2,11-14,21-22H2/t29-,30-,39-,40-,47+,48+/m1/s1. The molecule has 9 rings (SSSR count). The number of hydrogen-bond acceptors (Lipinski definition) is 8. The highest BCUT2D eigenvalue weighted by Gasteiger charge is 2.39. The third-order valence-electron chi connectivity index (χ3n) is 11.7. The number of rotatable bonds is 10. The van der Waals surface area contributed by atoms with Crippen LogP contribution < -0.4 is 20.1 Å². The predicted molar refractivity (Wildman–Crippen MR) is 219 cm³/mol. The van der Waals surface area contributed by atoms with Crippen molar-refractivity contribution in [3.05, 3.63) is 168 Å². The predicted octanol–water partition coefficient (Wildman–Crippen LogP) is 9.19. The highest BCUT2D eigenvalue weighted by atomic mass is 16.5. The summed E-state index contributed by atoms with van der Waals surface area (Å²) < 4.78 is 14.3. The SMILES string of the molecule is C=C[C@@H]1CCC[C@H]([C@@H](Oc2ccc(O[C@@H](c3ccnc4ccccc34)[C@H]3CCC[C@@H](C=C)N3)c3c2C(=O)c2ccccc2C3=O)c2ccnc3ccccc23)N1. The van der Waals surface area contributed by atoms with Crippen LogP contribution in [0.2, 0.25) is 0 Å². The third kappa shape index (κ3) is 6.48. The Labute approximate surface area is 326 Å². The van der Waals surface area contributed by atoms with Crippen LogP contribution in [-0.2, 0) is 0 Å². The minimum Gasteiger partial charge on any atom is -0.483 e. The number of carbonyl (C=O) groups excluding carboxylic acids is 2. The van der Waals surface area contributed by atoms with Crippen LogP contribution in [0.1, 0.15) is 93.7 Å². The Morgan fingerprint density at radius 2 is 1.00 bits per heavy atom. The van der Waals surface area contributed by atoms with E-state index in [1.165, 1.54) is 0 Å². The summed E-state index contributed by atoms with van der Waals surface area (Å²) in [4.78, 5) is 38.8. The van der Waals surface area contributed by atoms with Crippen molar-refractivity contribution >= 4 is 33.4 Å². The maximum absolute atomic E-state index is 14.8. The van der Waals surface area contributed by atoms with Gasteiger partial charge in [-0.25, -0.2) is 0 Å². The Balaban J connectivity index is 1.20. The molecule has 2 saturated heterocycles. The number of aromatic nitrogens is 2. The molecule has 6 atom stereocenters. The Kier molecular flexibility index (Phi) is 9.75. The second kappa shape index (κ2) is 15.3. The molecular weight excluding hydrogens is 697 g/mol. The van der Waals surface area contributed by atoms with Gasteiger partial charge in [0.2, 0.25) is 0 Å². The molecule has 2 aromatic heterocycles. The average molecular weight is 741 g/mol. The molecule has 4 aromatic carbocycles. The molecule has 2 fully saturated rings. The molecule has 8 nitrogen and oxygen atoms in total. The molecule has 0 radical (unpaired) electrons. The number of ketones is 2. The van der Waals surface area contributed by atoms with Gasteiger partial charge < -0.3 is 20.1 Å². The van der Waals surface area contributed by atoms with Crippen LogP contribution in [0, 0.1) is 0 Å². The summed E-state index contributed by atoms with van der Waals surface area (Å²) in [5.74, 6) is 0.120. The summed E-state index contributed by atoms with van der Waals surface area (Å²) >= 11 is 0. The van der Waals surface area contributed by atoms with Crippen LogP contribution in [-0.4, -0.2) is 45.7 Å². The van der Waals surface area contributed by atoms with Crippen molar-refractivity contribution in [2.24, 2.45) is 0 Å². The van der Waals surface area contributed by atoms with E-state index in [1.807, 2.05) is 60.7 Å². The zero-order valence-electron chi connectivity index (χ0n) is 31.2. The van der Waals surface area contributed by atoms with E-state index in [2.05, 4.69) is 45.9 Å². The Hall–Kier alpha value is -5.96. The van der Waals surface area contributed by atoms with Crippen LogP contribution >= 0.6 is 0 Å². The lowest BCUT2D eigenvalue weighted by Crippen LogP contribution is -2.46. The lowest BCUT2D eigenvalue weighted by Gasteiger charge is -2.37. The van der Waals surface area contributed by atoms with Gasteiger partial charge in [-0.2, -0.15) is 0 Å². The zero-order valence-corrected chi connectivity index (χ0v) is 31.2. The Bertz CT molecular complexity index is 2310. The molecule has 0 unspecified atom stereocenters. The van der Waals surface area contributed by atoms with Crippen molar-refractivity contribution in [1.29, 1.82) is 0 Å². The Morgan fingerprint density at radius 3 is 1.45 bits per heavy atom. The van der Waals surface area contributed by atoms with Crippen molar-refractivity contribution in [2.45, 2.75) is 74.9 Å². The fraction of sp³-hybridized carbons (Fsp3) is 0.250. The fourth-order valence-corrected chi connectivity index (χ4v) is 8.94. The molecule has 2 aliphatic heterocycles. The number of piperidine rings is 2. The molecule has 0 saturated carbocycles. The van der Waals surface area contributed by atoms with Gasteiger partial charge >= 0.3 is 0 Å². The first-order valence-electron chi connectivity index (χ1n) is 19.7. The van der Waals surface area contributed by atoms with Crippen LogP contribution in [0.25, 0.3) is 21.8 Å². The number of hydrogen-bond donors (Lipinski definition) is 2. The monoisotopic (exact) mass is 740 g/mol. The van der Waals surface area contributed by atoms with E-state index < -0.39 is 12.2 Å². The quantitative estimate of drug-likeness (QED) is 0.134. The van der Waals surface area contributed by atoms with Gasteiger partial charge in [-0.15, -0.1) is 13.2 Å². The molecule has 1 aliphatic carbocycles. The van der Waals surface area contributed by atoms with Gasteiger partial charge in [-0.1, -0.05) is 72.8 Å². The molecule has 3 aliphatic rings. The maximum Gasteiger partial charge on any atom is 0.198 e. The van der Waals surface area contributed by atoms with Gasteiger partial charge in [0.05, 0.1) is 22.2 Å². The summed E-state index contributed by atoms with van der Waals surface area (Å²) in [6.07, 6.45) is 12.1. The van der Waals surface area contributed by atoms with Crippen molar-refractivity contribution < 1.29 is 19.1 Å². The maximum atomic E-state index is 14.8. The number of nitrogens with one attached hydrogen (secondary N) is 2. The summed E-state index contributed by atoms with van der Waals surface area (Å²) in [7, 11) is 0. The zero-order chi connectivity index (χ0) is 38.2. The van der Waals surface area contributed by atoms with E-state index in [0.717, 1.165) is 71.5 Å². The van der Waals surface area contributed by atoms with E-state index in [4.69, 9.17) is 9.47 Å². The number of pyridine rings is 2. The van der Waals surface area contributed by atoms with E-state index in [1.54, 1.807) is 48.8 Å². The molecule has 0 spiro atoms. The molecule has 6 aromatic rings. The number of fused-ring (bicyclic) bond motifs is 4. The second-order valence-corrected chi connectivity index (χ2v) is 15.0. The van der Waals surface area contributed by atoms with Crippen molar-refractivity contribution in [1.82, 2.24) is 20.6 Å². The average Bonchev–Trinajstić information content (AvgIpc) is 3.26. The number of ether oxygens (including phenoxy) is 2. The molecule has 0 bridgehead atoms.